The zero-order chi connectivity index (χ0) is 15.5. The van der Waals surface area contributed by atoms with Crippen LogP contribution in [-0.4, -0.2) is 23.8 Å². The molecule has 0 saturated carbocycles. The van der Waals surface area contributed by atoms with Crippen molar-refractivity contribution in [2.45, 2.75) is 38.7 Å². The van der Waals surface area contributed by atoms with Crippen molar-refractivity contribution < 1.29 is 14.6 Å². The van der Waals surface area contributed by atoms with Crippen molar-refractivity contribution in [2.75, 3.05) is 6.61 Å². The van der Waals surface area contributed by atoms with Gasteiger partial charge >= 0.3 is 5.97 Å². The van der Waals surface area contributed by atoms with Gasteiger partial charge in [-0.1, -0.05) is 56.3 Å². The number of carbonyl (C=O) groups is 1. The highest BCUT2D eigenvalue weighted by atomic mass is 16.5. The molecule has 1 atom stereocenters. The molecule has 2 aromatic carbocycles. The van der Waals surface area contributed by atoms with Crippen LogP contribution in [0.1, 0.15) is 32.8 Å². The molecule has 0 spiro atoms. The minimum absolute atomic E-state index is 0.282. The zero-order valence-corrected chi connectivity index (χ0v) is 12.8. The molecule has 0 saturated heterocycles. The summed E-state index contributed by atoms with van der Waals surface area (Å²) in [5, 5.41) is 12.4. The molecule has 0 fully saturated rings. The zero-order valence-electron chi connectivity index (χ0n) is 12.8. The van der Waals surface area contributed by atoms with Crippen molar-refractivity contribution >= 4 is 16.7 Å². The van der Waals surface area contributed by atoms with E-state index in [4.69, 9.17) is 4.74 Å². The monoisotopic (exact) mass is 286 g/mol. The van der Waals surface area contributed by atoms with Gasteiger partial charge < -0.3 is 9.84 Å². The maximum absolute atomic E-state index is 11.6. The third-order valence-corrected chi connectivity index (χ3v) is 3.78. The summed E-state index contributed by atoms with van der Waals surface area (Å²) in [6.45, 7) is 6.10. The predicted octanol–water partition coefficient (Wildman–Crippen LogP) is 3.43. The Morgan fingerprint density at radius 1 is 1.19 bits per heavy atom. The maximum Gasteiger partial charge on any atom is 0.334 e. The average Bonchev–Trinajstić information content (AvgIpc) is 2.46. The molecule has 0 radical (unpaired) electrons. The molecule has 0 aliphatic carbocycles. The van der Waals surface area contributed by atoms with Crippen LogP contribution in [0, 0.1) is 0 Å². The van der Waals surface area contributed by atoms with Crippen LogP contribution in [0.2, 0.25) is 0 Å². The Hall–Kier alpha value is -1.87. The SMILES string of the molecule is CCOC(=O)C(O)CC(C)(C)c1cccc2ccccc12. The summed E-state index contributed by atoms with van der Waals surface area (Å²) in [4.78, 5) is 11.6. The third kappa shape index (κ3) is 3.42. The molecule has 21 heavy (non-hydrogen) atoms. The van der Waals surface area contributed by atoms with E-state index >= 15 is 0 Å². The van der Waals surface area contributed by atoms with Crippen molar-refractivity contribution in [3.63, 3.8) is 0 Å². The van der Waals surface area contributed by atoms with Crippen molar-refractivity contribution in [3.8, 4) is 0 Å². The summed E-state index contributed by atoms with van der Waals surface area (Å²) < 4.78 is 4.88. The van der Waals surface area contributed by atoms with Crippen LogP contribution < -0.4 is 0 Å². The molecular weight excluding hydrogens is 264 g/mol. The van der Waals surface area contributed by atoms with E-state index in [9.17, 15) is 9.90 Å². The van der Waals surface area contributed by atoms with Crippen molar-refractivity contribution in [3.05, 3.63) is 48.0 Å². The fraction of sp³-hybridized carbons (Fsp3) is 0.389. The van der Waals surface area contributed by atoms with Gasteiger partial charge in [-0.05, 0) is 35.1 Å². The van der Waals surface area contributed by atoms with Crippen LogP contribution in [0.5, 0.6) is 0 Å². The summed E-state index contributed by atoms with van der Waals surface area (Å²) in [7, 11) is 0. The second-order valence-electron chi connectivity index (χ2n) is 5.88. The number of ether oxygens (including phenoxy) is 1. The van der Waals surface area contributed by atoms with E-state index in [-0.39, 0.29) is 12.0 Å². The fourth-order valence-corrected chi connectivity index (χ4v) is 2.73. The highest BCUT2D eigenvalue weighted by molar-refractivity contribution is 5.86. The van der Waals surface area contributed by atoms with Crippen LogP contribution >= 0.6 is 0 Å². The van der Waals surface area contributed by atoms with E-state index in [1.54, 1.807) is 6.92 Å². The maximum atomic E-state index is 11.6. The van der Waals surface area contributed by atoms with E-state index < -0.39 is 12.1 Å². The van der Waals surface area contributed by atoms with Crippen LogP contribution in [0.3, 0.4) is 0 Å². The molecule has 0 bridgehead atoms. The molecule has 3 nitrogen and oxygen atoms in total. The number of aliphatic hydroxyl groups is 1. The average molecular weight is 286 g/mol. The normalized spacial score (nSPS) is 13.1. The van der Waals surface area contributed by atoms with Crippen molar-refractivity contribution in [2.24, 2.45) is 0 Å². The number of esters is 1. The van der Waals surface area contributed by atoms with Gasteiger partial charge in [-0.25, -0.2) is 4.79 Å². The molecule has 1 N–H and O–H groups in total. The molecular formula is C18H22O3. The Balaban J connectivity index is 2.31. The van der Waals surface area contributed by atoms with Crippen molar-refractivity contribution in [1.29, 1.82) is 0 Å². The molecule has 2 aromatic rings. The van der Waals surface area contributed by atoms with Gasteiger partial charge in [-0.3, -0.25) is 0 Å². The number of hydrogen-bond donors (Lipinski definition) is 1. The Morgan fingerprint density at radius 2 is 1.86 bits per heavy atom. The van der Waals surface area contributed by atoms with Gasteiger partial charge in [-0.15, -0.1) is 0 Å². The summed E-state index contributed by atoms with van der Waals surface area (Å²) in [5.74, 6) is -0.550. The van der Waals surface area contributed by atoms with Gasteiger partial charge in [0.1, 0.15) is 0 Å². The van der Waals surface area contributed by atoms with Crippen LogP contribution in [-0.2, 0) is 14.9 Å². The van der Waals surface area contributed by atoms with E-state index in [1.807, 2.05) is 32.0 Å². The first-order valence-electron chi connectivity index (χ1n) is 7.28. The summed E-state index contributed by atoms with van der Waals surface area (Å²) in [6.07, 6.45) is -0.765. The smallest absolute Gasteiger partial charge is 0.334 e. The lowest BCUT2D eigenvalue weighted by molar-refractivity contribution is -0.154. The van der Waals surface area contributed by atoms with Gasteiger partial charge in [0.25, 0.3) is 0 Å². The first kappa shape index (κ1) is 15.5. The quantitative estimate of drug-likeness (QED) is 0.857. The molecule has 0 aromatic heterocycles. The lowest BCUT2D eigenvalue weighted by Crippen LogP contribution is -2.31. The van der Waals surface area contributed by atoms with Gasteiger partial charge in [0.05, 0.1) is 6.61 Å². The molecule has 0 aliphatic heterocycles. The minimum Gasteiger partial charge on any atom is -0.464 e. The van der Waals surface area contributed by atoms with Gasteiger partial charge in [-0.2, -0.15) is 0 Å². The molecule has 3 heteroatoms. The van der Waals surface area contributed by atoms with Crippen LogP contribution in [0.15, 0.2) is 42.5 Å². The second-order valence-corrected chi connectivity index (χ2v) is 5.88. The summed E-state index contributed by atoms with van der Waals surface area (Å²) in [6, 6.07) is 14.3. The van der Waals surface area contributed by atoms with Crippen LogP contribution in [0.4, 0.5) is 0 Å². The second kappa shape index (κ2) is 6.27. The lowest BCUT2D eigenvalue weighted by Gasteiger charge is -2.28. The van der Waals surface area contributed by atoms with Gasteiger partial charge in [0, 0.05) is 0 Å². The van der Waals surface area contributed by atoms with E-state index in [0.717, 1.165) is 16.3 Å². The van der Waals surface area contributed by atoms with E-state index in [0.29, 0.717) is 6.42 Å². The largest absolute Gasteiger partial charge is 0.464 e. The summed E-state index contributed by atoms with van der Waals surface area (Å²) in [5.41, 5.74) is 0.802. The fourth-order valence-electron chi connectivity index (χ4n) is 2.73. The predicted molar refractivity (Wildman–Crippen MR) is 84.2 cm³/mol. The number of rotatable bonds is 5. The standard InChI is InChI=1S/C18H22O3/c1-4-21-17(20)16(19)12-18(2,3)15-11-7-9-13-8-5-6-10-14(13)15/h5-11,16,19H,4,12H2,1-3H3. The molecule has 0 aliphatic rings. The molecule has 0 amide bonds. The highest BCUT2D eigenvalue weighted by Crippen LogP contribution is 2.34. The number of fused-ring (bicyclic) bond motifs is 1. The minimum atomic E-state index is -1.10. The topological polar surface area (TPSA) is 46.5 Å². The molecule has 0 heterocycles. The van der Waals surface area contributed by atoms with Crippen molar-refractivity contribution in [1.82, 2.24) is 0 Å². The number of benzene rings is 2. The third-order valence-electron chi connectivity index (χ3n) is 3.78. The van der Waals surface area contributed by atoms with Gasteiger partial charge in [0.2, 0.25) is 0 Å². The first-order chi connectivity index (χ1) is 9.95. The van der Waals surface area contributed by atoms with E-state index in [1.165, 1.54) is 0 Å². The summed E-state index contributed by atoms with van der Waals surface area (Å²) >= 11 is 0. The molecule has 112 valence electrons. The Labute approximate surface area is 125 Å². The lowest BCUT2D eigenvalue weighted by atomic mass is 9.77. The van der Waals surface area contributed by atoms with Gasteiger partial charge in [0.15, 0.2) is 6.10 Å². The Morgan fingerprint density at radius 3 is 2.57 bits per heavy atom. The molecule has 2 rings (SSSR count). The Kier molecular flexibility index (Phi) is 4.63. The number of carbonyl (C=O) groups excluding carboxylic acids is 1. The highest BCUT2D eigenvalue weighted by Gasteiger charge is 2.29. The number of hydrogen-bond acceptors (Lipinski definition) is 3. The van der Waals surface area contributed by atoms with Crippen LogP contribution in [0.25, 0.3) is 10.8 Å². The molecule has 1 unspecified atom stereocenters. The number of aliphatic hydroxyl groups excluding tert-OH is 1. The van der Waals surface area contributed by atoms with E-state index in [2.05, 4.69) is 24.3 Å². The Bertz CT molecular complexity index is 626. The first-order valence-corrected chi connectivity index (χ1v) is 7.28.